The summed E-state index contributed by atoms with van der Waals surface area (Å²) in [5.74, 6) is 0. The van der Waals surface area contributed by atoms with Crippen molar-refractivity contribution >= 4 is 28.2 Å². The van der Waals surface area contributed by atoms with Crippen molar-refractivity contribution in [2.75, 3.05) is 5.32 Å². The molecule has 0 saturated heterocycles. The van der Waals surface area contributed by atoms with E-state index in [-0.39, 0.29) is 0 Å². The largest absolute Gasteiger partial charge is 0.380 e. The van der Waals surface area contributed by atoms with Crippen LogP contribution in [0.5, 0.6) is 0 Å². The zero-order valence-electron chi connectivity index (χ0n) is 11.2. The van der Waals surface area contributed by atoms with Crippen LogP contribution in [-0.4, -0.2) is 4.98 Å². The number of rotatable bonds is 3. The van der Waals surface area contributed by atoms with Crippen molar-refractivity contribution in [1.82, 2.24) is 4.98 Å². The molecule has 1 heterocycles. The molecular weight excluding hydrogens is 268 g/mol. The van der Waals surface area contributed by atoms with Crippen LogP contribution < -0.4 is 5.32 Å². The minimum absolute atomic E-state index is 0.741. The van der Waals surface area contributed by atoms with Gasteiger partial charge in [0, 0.05) is 17.6 Å². The average molecular weight is 283 g/mol. The van der Waals surface area contributed by atoms with E-state index in [9.17, 15) is 0 Å². The molecule has 100 valence electrons. The smallest absolute Gasteiger partial charge is 0.0705 e. The molecule has 3 heteroatoms. The maximum atomic E-state index is 6.13. The fourth-order valence-corrected chi connectivity index (χ4v) is 2.39. The molecule has 0 aliphatic rings. The lowest BCUT2D eigenvalue weighted by Gasteiger charge is -2.09. The third-order valence-electron chi connectivity index (χ3n) is 3.25. The zero-order valence-corrected chi connectivity index (χ0v) is 12.0. The summed E-state index contributed by atoms with van der Waals surface area (Å²) in [6.45, 7) is 2.75. The lowest BCUT2D eigenvalue weighted by molar-refractivity contribution is 1.15. The van der Waals surface area contributed by atoms with Crippen molar-refractivity contribution in [2.45, 2.75) is 13.5 Å². The van der Waals surface area contributed by atoms with Crippen LogP contribution in [0.15, 0.2) is 54.6 Å². The second-order valence-corrected chi connectivity index (χ2v) is 5.22. The summed E-state index contributed by atoms with van der Waals surface area (Å²) in [5.41, 5.74) is 4.24. The Hall–Kier alpha value is -2.06. The van der Waals surface area contributed by atoms with Crippen molar-refractivity contribution in [3.8, 4) is 0 Å². The first-order chi connectivity index (χ1) is 9.72. The molecule has 20 heavy (non-hydrogen) atoms. The second-order valence-electron chi connectivity index (χ2n) is 4.81. The van der Waals surface area contributed by atoms with Crippen LogP contribution in [0.3, 0.4) is 0 Å². The molecule has 0 spiro atoms. The van der Waals surface area contributed by atoms with E-state index in [1.165, 1.54) is 5.56 Å². The number of aryl methyl sites for hydroxylation is 1. The predicted octanol–water partition coefficient (Wildman–Crippen LogP) is 4.81. The van der Waals surface area contributed by atoms with Gasteiger partial charge in [0.15, 0.2) is 0 Å². The van der Waals surface area contributed by atoms with Crippen molar-refractivity contribution in [1.29, 1.82) is 0 Å². The number of nitrogens with one attached hydrogen (secondary N) is 1. The van der Waals surface area contributed by atoms with E-state index in [0.717, 1.165) is 33.9 Å². The minimum atomic E-state index is 0.741. The highest BCUT2D eigenvalue weighted by molar-refractivity contribution is 6.33. The molecule has 2 aromatic carbocycles. The third kappa shape index (κ3) is 2.75. The molecule has 0 unspecified atom stereocenters. The van der Waals surface area contributed by atoms with Crippen LogP contribution in [-0.2, 0) is 6.54 Å². The predicted molar refractivity (Wildman–Crippen MR) is 85.3 cm³/mol. The molecule has 2 nitrogen and oxygen atoms in total. The lowest BCUT2D eigenvalue weighted by Crippen LogP contribution is -1.99. The van der Waals surface area contributed by atoms with Crippen molar-refractivity contribution in [3.05, 3.63) is 70.9 Å². The highest BCUT2D eigenvalue weighted by atomic mass is 35.5. The van der Waals surface area contributed by atoms with Gasteiger partial charge in [-0.1, -0.05) is 35.9 Å². The van der Waals surface area contributed by atoms with E-state index in [1.54, 1.807) is 0 Å². The van der Waals surface area contributed by atoms with E-state index in [1.807, 2.05) is 37.3 Å². The SMILES string of the molecule is Cc1ccc2cc(CNc3ccccc3Cl)ccc2n1. The highest BCUT2D eigenvalue weighted by Crippen LogP contribution is 2.22. The number of fused-ring (bicyclic) bond motifs is 1. The van der Waals surface area contributed by atoms with Crippen LogP contribution in [0.25, 0.3) is 10.9 Å². The van der Waals surface area contributed by atoms with Crippen LogP contribution in [0.4, 0.5) is 5.69 Å². The molecule has 0 bridgehead atoms. The fraction of sp³-hybridized carbons (Fsp3) is 0.118. The van der Waals surface area contributed by atoms with Gasteiger partial charge < -0.3 is 5.32 Å². The summed E-state index contributed by atoms with van der Waals surface area (Å²) in [6.07, 6.45) is 0. The Bertz CT molecular complexity index is 753. The number of para-hydroxylation sites is 1. The van der Waals surface area contributed by atoms with Gasteiger partial charge in [-0.15, -0.1) is 0 Å². The number of hydrogen-bond donors (Lipinski definition) is 1. The van der Waals surface area contributed by atoms with Gasteiger partial charge in [-0.05, 0) is 42.8 Å². The molecule has 0 fully saturated rings. The van der Waals surface area contributed by atoms with E-state index in [4.69, 9.17) is 11.6 Å². The standard InChI is InChI=1S/C17H15ClN2/c1-12-6-8-14-10-13(7-9-16(14)20-12)11-19-17-5-3-2-4-15(17)18/h2-10,19H,11H2,1H3. The quantitative estimate of drug-likeness (QED) is 0.746. The highest BCUT2D eigenvalue weighted by Gasteiger charge is 2.01. The maximum Gasteiger partial charge on any atom is 0.0705 e. The molecule has 1 aromatic heterocycles. The first-order valence-electron chi connectivity index (χ1n) is 6.57. The van der Waals surface area contributed by atoms with Crippen LogP contribution >= 0.6 is 11.6 Å². The molecule has 0 aliphatic carbocycles. The van der Waals surface area contributed by atoms with E-state index >= 15 is 0 Å². The first kappa shape index (κ1) is 12.9. The summed E-state index contributed by atoms with van der Waals surface area (Å²) in [7, 11) is 0. The second kappa shape index (κ2) is 5.51. The summed E-state index contributed by atoms with van der Waals surface area (Å²) in [6, 6.07) is 18.2. The first-order valence-corrected chi connectivity index (χ1v) is 6.95. The molecular formula is C17H15ClN2. The Labute approximate surface area is 123 Å². The average Bonchev–Trinajstić information content (AvgIpc) is 2.46. The normalized spacial score (nSPS) is 10.7. The summed E-state index contributed by atoms with van der Waals surface area (Å²) in [4.78, 5) is 4.51. The van der Waals surface area contributed by atoms with Crippen LogP contribution in [0, 0.1) is 6.92 Å². The van der Waals surface area contributed by atoms with Gasteiger partial charge in [0.1, 0.15) is 0 Å². The fourth-order valence-electron chi connectivity index (χ4n) is 2.19. The molecule has 0 amide bonds. The number of aromatic nitrogens is 1. The van der Waals surface area contributed by atoms with Crippen molar-refractivity contribution in [2.24, 2.45) is 0 Å². The number of hydrogen-bond acceptors (Lipinski definition) is 2. The Morgan fingerprint density at radius 1 is 1.05 bits per heavy atom. The number of halogens is 1. The monoisotopic (exact) mass is 282 g/mol. The molecule has 3 aromatic rings. The van der Waals surface area contributed by atoms with Crippen LogP contribution in [0.2, 0.25) is 5.02 Å². The number of benzene rings is 2. The summed E-state index contributed by atoms with van der Waals surface area (Å²) < 4.78 is 0. The van der Waals surface area contributed by atoms with Gasteiger partial charge in [-0.25, -0.2) is 0 Å². The van der Waals surface area contributed by atoms with E-state index in [2.05, 4.69) is 34.6 Å². The minimum Gasteiger partial charge on any atom is -0.380 e. The van der Waals surface area contributed by atoms with Gasteiger partial charge in [-0.3, -0.25) is 4.98 Å². The Kier molecular flexibility index (Phi) is 3.57. The molecule has 0 radical (unpaired) electrons. The van der Waals surface area contributed by atoms with Gasteiger partial charge in [0.2, 0.25) is 0 Å². The number of anilines is 1. The van der Waals surface area contributed by atoms with Crippen molar-refractivity contribution < 1.29 is 0 Å². The van der Waals surface area contributed by atoms with Gasteiger partial charge in [-0.2, -0.15) is 0 Å². The Morgan fingerprint density at radius 2 is 1.90 bits per heavy atom. The van der Waals surface area contributed by atoms with Crippen LogP contribution in [0.1, 0.15) is 11.3 Å². The van der Waals surface area contributed by atoms with E-state index < -0.39 is 0 Å². The number of pyridine rings is 1. The molecule has 3 rings (SSSR count). The lowest BCUT2D eigenvalue weighted by atomic mass is 10.1. The number of nitrogens with zero attached hydrogens (tertiary/aromatic N) is 1. The van der Waals surface area contributed by atoms with Gasteiger partial charge >= 0.3 is 0 Å². The summed E-state index contributed by atoms with van der Waals surface area (Å²) in [5, 5.41) is 5.26. The molecule has 0 aliphatic heterocycles. The Morgan fingerprint density at radius 3 is 2.75 bits per heavy atom. The molecule has 0 atom stereocenters. The third-order valence-corrected chi connectivity index (χ3v) is 3.58. The van der Waals surface area contributed by atoms with Gasteiger partial charge in [0.25, 0.3) is 0 Å². The summed E-state index contributed by atoms with van der Waals surface area (Å²) >= 11 is 6.13. The van der Waals surface area contributed by atoms with E-state index in [0.29, 0.717) is 0 Å². The molecule has 0 saturated carbocycles. The topological polar surface area (TPSA) is 24.9 Å². The maximum absolute atomic E-state index is 6.13. The van der Waals surface area contributed by atoms with Crippen molar-refractivity contribution in [3.63, 3.8) is 0 Å². The zero-order chi connectivity index (χ0) is 13.9. The Balaban J connectivity index is 1.81. The van der Waals surface area contributed by atoms with Gasteiger partial charge in [0.05, 0.1) is 16.2 Å². The molecule has 1 N–H and O–H groups in total.